The van der Waals surface area contributed by atoms with Crippen LogP contribution in [0.3, 0.4) is 0 Å². The minimum atomic E-state index is 0.534. The van der Waals surface area contributed by atoms with Gasteiger partial charge in [0.2, 0.25) is 0 Å². The van der Waals surface area contributed by atoms with E-state index in [4.69, 9.17) is 0 Å². The fourth-order valence-electron chi connectivity index (χ4n) is 3.59. The normalized spacial score (nSPS) is 28.3. The zero-order valence-electron chi connectivity index (χ0n) is 11.9. The second-order valence-corrected chi connectivity index (χ2v) is 6.10. The van der Waals surface area contributed by atoms with Crippen molar-refractivity contribution in [3.63, 3.8) is 0 Å². The van der Waals surface area contributed by atoms with Gasteiger partial charge in [-0.1, -0.05) is 42.5 Å². The maximum absolute atomic E-state index is 4.11. The molecule has 3 rings (SSSR count). The predicted octanol–water partition coefficient (Wildman–Crippen LogP) is 3.08. The van der Waals surface area contributed by atoms with Crippen molar-refractivity contribution in [2.24, 2.45) is 0 Å². The lowest BCUT2D eigenvalue weighted by molar-refractivity contribution is 0.0575. The number of piperazine rings is 1. The van der Waals surface area contributed by atoms with Gasteiger partial charge in [0, 0.05) is 31.7 Å². The molecule has 2 heterocycles. The number of hydrogen-bond acceptors (Lipinski definition) is 2. The van der Waals surface area contributed by atoms with Crippen LogP contribution in [0.2, 0.25) is 0 Å². The van der Waals surface area contributed by atoms with E-state index in [0.29, 0.717) is 6.04 Å². The van der Waals surface area contributed by atoms with Gasteiger partial charge < -0.3 is 0 Å². The number of rotatable bonds is 3. The van der Waals surface area contributed by atoms with Gasteiger partial charge in [0.15, 0.2) is 0 Å². The molecule has 2 fully saturated rings. The zero-order chi connectivity index (χ0) is 13.2. The molecule has 0 N–H and O–H groups in total. The Hall–Kier alpha value is -1.12. The van der Waals surface area contributed by atoms with E-state index in [-0.39, 0.29) is 0 Å². The minimum Gasteiger partial charge on any atom is -0.297 e. The summed E-state index contributed by atoms with van der Waals surface area (Å²) in [6, 6.07) is 12.3. The first-order chi connectivity index (χ1) is 9.24. The van der Waals surface area contributed by atoms with Crippen LogP contribution in [-0.4, -0.2) is 42.0 Å². The highest BCUT2D eigenvalue weighted by atomic mass is 15.3. The molecule has 2 aliphatic heterocycles. The average molecular weight is 256 g/mol. The second-order valence-electron chi connectivity index (χ2n) is 6.10. The molecule has 2 atom stereocenters. The summed E-state index contributed by atoms with van der Waals surface area (Å²) in [4.78, 5) is 5.32. The minimum absolute atomic E-state index is 0.534. The van der Waals surface area contributed by atoms with Gasteiger partial charge in [0.25, 0.3) is 0 Å². The third-order valence-electron chi connectivity index (χ3n) is 4.45. The van der Waals surface area contributed by atoms with Gasteiger partial charge in [-0.15, -0.1) is 0 Å². The topological polar surface area (TPSA) is 6.48 Å². The fraction of sp³-hybridized carbons (Fsp3) is 0.529. The number of benzene rings is 1. The van der Waals surface area contributed by atoms with Crippen molar-refractivity contribution in [2.75, 3.05) is 26.2 Å². The van der Waals surface area contributed by atoms with Crippen LogP contribution in [0.15, 0.2) is 42.5 Å². The van der Waals surface area contributed by atoms with Crippen molar-refractivity contribution >= 4 is 0 Å². The van der Waals surface area contributed by atoms with Crippen LogP contribution in [-0.2, 0) is 0 Å². The van der Waals surface area contributed by atoms with Gasteiger partial charge in [-0.2, -0.15) is 0 Å². The van der Waals surface area contributed by atoms with Crippen molar-refractivity contribution in [2.45, 2.75) is 31.8 Å². The molecule has 19 heavy (non-hydrogen) atoms. The van der Waals surface area contributed by atoms with Crippen molar-refractivity contribution in [3.05, 3.63) is 48.0 Å². The molecule has 1 aromatic carbocycles. The Labute approximate surface area is 116 Å². The molecule has 2 heteroatoms. The van der Waals surface area contributed by atoms with Crippen LogP contribution < -0.4 is 0 Å². The van der Waals surface area contributed by atoms with Crippen molar-refractivity contribution in [3.8, 4) is 0 Å². The third kappa shape index (κ3) is 2.75. The molecule has 2 saturated heterocycles. The first-order valence-corrected chi connectivity index (χ1v) is 7.41. The highest BCUT2D eigenvalue weighted by Gasteiger charge is 2.36. The largest absolute Gasteiger partial charge is 0.297 e. The van der Waals surface area contributed by atoms with Crippen LogP contribution in [0.4, 0.5) is 0 Å². The quantitative estimate of drug-likeness (QED) is 0.767. The molecule has 0 radical (unpaired) electrons. The SMILES string of the molecule is C=C(C)CN1CC2CCCN2CC1c1ccccc1. The standard InChI is InChI=1S/C17H24N2/c1-14(2)11-19-12-16-9-6-10-18(16)13-17(19)15-7-4-3-5-8-15/h3-5,7-8,16-17H,1,6,9-13H2,2H3. The molecule has 2 nitrogen and oxygen atoms in total. The Bertz CT molecular complexity index is 440. The van der Waals surface area contributed by atoms with Crippen LogP contribution >= 0.6 is 0 Å². The predicted molar refractivity (Wildman–Crippen MR) is 80.2 cm³/mol. The molecular formula is C17H24N2. The number of fused-ring (bicyclic) bond motifs is 1. The van der Waals surface area contributed by atoms with E-state index in [1.807, 2.05) is 0 Å². The summed E-state index contributed by atoms with van der Waals surface area (Å²) in [5, 5.41) is 0. The first-order valence-electron chi connectivity index (χ1n) is 7.41. The average Bonchev–Trinajstić information content (AvgIpc) is 2.85. The Morgan fingerprint density at radius 1 is 1.26 bits per heavy atom. The smallest absolute Gasteiger partial charge is 0.0479 e. The van der Waals surface area contributed by atoms with Crippen molar-refractivity contribution < 1.29 is 0 Å². The molecule has 0 aliphatic carbocycles. The van der Waals surface area contributed by atoms with Crippen LogP contribution in [0.1, 0.15) is 31.4 Å². The lowest BCUT2D eigenvalue weighted by Gasteiger charge is -2.44. The highest BCUT2D eigenvalue weighted by Crippen LogP contribution is 2.32. The Balaban J connectivity index is 1.83. The summed E-state index contributed by atoms with van der Waals surface area (Å²) < 4.78 is 0. The van der Waals surface area contributed by atoms with Crippen LogP contribution in [0, 0.1) is 0 Å². The van der Waals surface area contributed by atoms with E-state index >= 15 is 0 Å². The molecule has 2 aliphatic rings. The summed E-state index contributed by atoms with van der Waals surface area (Å²) in [6.45, 7) is 11.0. The Morgan fingerprint density at radius 3 is 2.79 bits per heavy atom. The van der Waals surface area contributed by atoms with Gasteiger partial charge in [0.05, 0.1) is 0 Å². The lowest BCUT2D eigenvalue weighted by Crippen LogP contribution is -2.52. The van der Waals surface area contributed by atoms with Gasteiger partial charge in [0.1, 0.15) is 0 Å². The van der Waals surface area contributed by atoms with Crippen molar-refractivity contribution in [1.82, 2.24) is 9.80 Å². The Morgan fingerprint density at radius 2 is 2.05 bits per heavy atom. The first kappa shape index (κ1) is 12.9. The molecule has 1 aromatic rings. The molecule has 2 unspecified atom stereocenters. The highest BCUT2D eigenvalue weighted by molar-refractivity contribution is 5.21. The third-order valence-corrected chi connectivity index (χ3v) is 4.45. The van der Waals surface area contributed by atoms with Gasteiger partial charge in [-0.3, -0.25) is 9.80 Å². The lowest BCUT2D eigenvalue weighted by atomic mass is 9.99. The summed E-state index contributed by atoms with van der Waals surface area (Å²) in [7, 11) is 0. The van der Waals surface area contributed by atoms with Gasteiger partial charge >= 0.3 is 0 Å². The summed E-state index contributed by atoms with van der Waals surface area (Å²) in [6.07, 6.45) is 2.74. The molecule has 0 aromatic heterocycles. The second kappa shape index (κ2) is 5.48. The van der Waals surface area contributed by atoms with E-state index in [0.717, 1.165) is 12.6 Å². The van der Waals surface area contributed by atoms with E-state index in [1.165, 1.54) is 43.6 Å². The van der Waals surface area contributed by atoms with Gasteiger partial charge in [-0.25, -0.2) is 0 Å². The molecule has 0 spiro atoms. The zero-order valence-corrected chi connectivity index (χ0v) is 11.9. The summed E-state index contributed by atoms with van der Waals surface area (Å²) in [5.41, 5.74) is 2.72. The fourth-order valence-corrected chi connectivity index (χ4v) is 3.59. The monoisotopic (exact) mass is 256 g/mol. The van der Waals surface area contributed by atoms with E-state index in [2.05, 4.69) is 53.6 Å². The molecule has 0 saturated carbocycles. The van der Waals surface area contributed by atoms with Crippen molar-refractivity contribution in [1.29, 1.82) is 0 Å². The molecular weight excluding hydrogens is 232 g/mol. The van der Waals surface area contributed by atoms with Crippen LogP contribution in [0.25, 0.3) is 0 Å². The van der Waals surface area contributed by atoms with Gasteiger partial charge in [-0.05, 0) is 31.9 Å². The number of hydrogen-bond donors (Lipinski definition) is 0. The Kier molecular flexibility index (Phi) is 3.72. The maximum atomic E-state index is 4.11. The van der Waals surface area contributed by atoms with E-state index in [9.17, 15) is 0 Å². The molecule has 0 amide bonds. The van der Waals surface area contributed by atoms with E-state index < -0.39 is 0 Å². The van der Waals surface area contributed by atoms with Crippen LogP contribution in [0.5, 0.6) is 0 Å². The molecule has 102 valence electrons. The molecule has 0 bridgehead atoms. The van der Waals surface area contributed by atoms with E-state index in [1.54, 1.807) is 0 Å². The number of nitrogens with zero attached hydrogens (tertiary/aromatic N) is 2. The summed E-state index contributed by atoms with van der Waals surface area (Å²) >= 11 is 0. The summed E-state index contributed by atoms with van der Waals surface area (Å²) in [5.74, 6) is 0. The maximum Gasteiger partial charge on any atom is 0.0479 e.